The van der Waals surface area contributed by atoms with Crippen LogP contribution in [-0.4, -0.2) is 30.8 Å². The molecular formula is C16H23N3O. The summed E-state index contributed by atoms with van der Waals surface area (Å²) in [4.78, 5) is 2.13. The summed E-state index contributed by atoms with van der Waals surface area (Å²) in [6.45, 7) is 7.36. The average Bonchev–Trinajstić information content (AvgIpc) is 2.47. The maximum Gasteiger partial charge on any atom is 0.101 e. The molecule has 1 fully saturated rings. The molecule has 2 atom stereocenters. The molecule has 1 aliphatic heterocycles. The van der Waals surface area contributed by atoms with E-state index in [4.69, 9.17) is 0 Å². The van der Waals surface area contributed by atoms with Crippen molar-refractivity contribution in [2.75, 3.05) is 24.5 Å². The van der Waals surface area contributed by atoms with Gasteiger partial charge in [-0.2, -0.15) is 5.26 Å². The van der Waals surface area contributed by atoms with Crippen molar-refractivity contribution in [3.8, 4) is 6.07 Å². The van der Waals surface area contributed by atoms with Gasteiger partial charge in [0.25, 0.3) is 0 Å². The van der Waals surface area contributed by atoms with E-state index in [9.17, 15) is 10.4 Å². The lowest BCUT2D eigenvalue weighted by Gasteiger charge is -2.36. The van der Waals surface area contributed by atoms with Gasteiger partial charge in [-0.3, -0.25) is 0 Å². The highest BCUT2D eigenvalue weighted by Gasteiger charge is 2.25. The fraction of sp³-hybridized carbons (Fsp3) is 0.562. The second-order valence-corrected chi connectivity index (χ2v) is 5.52. The highest BCUT2D eigenvalue weighted by atomic mass is 16.3. The minimum absolute atomic E-state index is 0.309. The van der Waals surface area contributed by atoms with Gasteiger partial charge in [0.15, 0.2) is 0 Å². The second-order valence-electron chi connectivity index (χ2n) is 5.52. The smallest absolute Gasteiger partial charge is 0.101 e. The van der Waals surface area contributed by atoms with Crippen molar-refractivity contribution in [2.45, 2.75) is 32.9 Å². The van der Waals surface area contributed by atoms with Gasteiger partial charge in [-0.25, -0.2) is 0 Å². The van der Waals surface area contributed by atoms with Crippen LogP contribution in [0.3, 0.4) is 0 Å². The predicted octanol–water partition coefficient (Wildman–Crippen LogP) is 1.87. The molecule has 0 aromatic heterocycles. The molecule has 2 rings (SSSR count). The Hall–Kier alpha value is -1.57. The highest BCUT2D eigenvalue weighted by Crippen LogP contribution is 2.27. The van der Waals surface area contributed by atoms with E-state index in [1.165, 1.54) is 0 Å². The van der Waals surface area contributed by atoms with E-state index in [1.807, 2.05) is 12.1 Å². The largest absolute Gasteiger partial charge is 0.391 e. The molecule has 0 radical (unpaired) electrons. The van der Waals surface area contributed by atoms with Crippen LogP contribution in [-0.2, 0) is 6.54 Å². The zero-order valence-corrected chi connectivity index (χ0v) is 12.3. The number of benzene rings is 1. The first-order chi connectivity index (χ1) is 9.65. The molecule has 0 spiro atoms. The lowest BCUT2D eigenvalue weighted by atomic mass is 9.95. The fourth-order valence-electron chi connectivity index (χ4n) is 2.60. The molecule has 2 N–H and O–H groups in total. The zero-order valence-electron chi connectivity index (χ0n) is 12.3. The van der Waals surface area contributed by atoms with Gasteiger partial charge in [0.05, 0.1) is 17.4 Å². The van der Waals surface area contributed by atoms with Crippen LogP contribution in [0.4, 0.5) is 5.69 Å². The third-order valence-electron chi connectivity index (χ3n) is 4.02. The minimum atomic E-state index is -0.309. The van der Waals surface area contributed by atoms with Crippen LogP contribution in [0.5, 0.6) is 0 Å². The highest BCUT2D eigenvalue weighted by molar-refractivity contribution is 5.60. The third kappa shape index (κ3) is 3.30. The Balaban J connectivity index is 2.17. The van der Waals surface area contributed by atoms with E-state index in [0.29, 0.717) is 18.0 Å². The maximum absolute atomic E-state index is 10.0. The SMILES string of the molecule is CCNCc1ccc(N2CCC(C)C(O)C2)c(C#N)c1. The van der Waals surface area contributed by atoms with Crippen molar-refractivity contribution in [2.24, 2.45) is 5.92 Å². The number of nitriles is 1. The molecule has 4 nitrogen and oxygen atoms in total. The van der Waals surface area contributed by atoms with Crippen molar-refractivity contribution in [1.29, 1.82) is 5.26 Å². The predicted molar refractivity (Wildman–Crippen MR) is 80.5 cm³/mol. The Bertz CT molecular complexity index is 495. The van der Waals surface area contributed by atoms with E-state index in [0.717, 1.165) is 37.3 Å². The molecule has 108 valence electrons. The first kappa shape index (κ1) is 14.8. The third-order valence-corrected chi connectivity index (χ3v) is 4.02. The molecule has 0 amide bonds. The Kier molecular flexibility index (Phi) is 4.99. The number of aliphatic hydroxyl groups is 1. The Morgan fingerprint density at radius 1 is 1.50 bits per heavy atom. The first-order valence-corrected chi connectivity index (χ1v) is 7.32. The van der Waals surface area contributed by atoms with E-state index in [1.54, 1.807) is 0 Å². The van der Waals surface area contributed by atoms with Gasteiger partial charge in [0.1, 0.15) is 6.07 Å². The van der Waals surface area contributed by atoms with E-state index >= 15 is 0 Å². The summed E-state index contributed by atoms with van der Waals surface area (Å²) in [5.41, 5.74) is 2.76. The molecule has 0 saturated carbocycles. The number of β-amino-alcohol motifs (C(OH)–C–C–N with tert-alkyl or cyclic N) is 1. The van der Waals surface area contributed by atoms with E-state index in [2.05, 4.69) is 36.2 Å². The Labute approximate surface area is 121 Å². The molecule has 1 aromatic rings. The number of piperidine rings is 1. The molecular weight excluding hydrogens is 250 g/mol. The van der Waals surface area contributed by atoms with Gasteiger partial charge in [-0.1, -0.05) is 19.9 Å². The van der Waals surface area contributed by atoms with Crippen molar-refractivity contribution in [3.05, 3.63) is 29.3 Å². The lowest BCUT2D eigenvalue weighted by molar-refractivity contribution is 0.103. The molecule has 1 aliphatic rings. The van der Waals surface area contributed by atoms with Gasteiger partial charge in [0.2, 0.25) is 0 Å². The number of nitrogens with zero attached hydrogens (tertiary/aromatic N) is 2. The molecule has 1 saturated heterocycles. The monoisotopic (exact) mass is 273 g/mol. The number of hydrogen-bond donors (Lipinski definition) is 2. The number of anilines is 1. The Morgan fingerprint density at radius 3 is 2.95 bits per heavy atom. The standard InChI is InChI=1S/C16H23N3O/c1-3-18-10-13-4-5-15(14(8-13)9-17)19-7-6-12(2)16(20)11-19/h4-5,8,12,16,18,20H,3,6-7,10-11H2,1-2H3. The molecule has 4 heteroatoms. The first-order valence-electron chi connectivity index (χ1n) is 7.32. The quantitative estimate of drug-likeness (QED) is 0.879. The van der Waals surface area contributed by atoms with Crippen LogP contribution in [0, 0.1) is 17.2 Å². The van der Waals surface area contributed by atoms with Crippen molar-refractivity contribution >= 4 is 5.69 Å². The molecule has 0 bridgehead atoms. The zero-order chi connectivity index (χ0) is 14.5. The summed E-state index contributed by atoms with van der Waals surface area (Å²) in [5, 5.41) is 22.6. The van der Waals surface area contributed by atoms with Crippen LogP contribution in [0.15, 0.2) is 18.2 Å². The number of nitrogens with one attached hydrogen (secondary N) is 1. The number of hydrogen-bond acceptors (Lipinski definition) is 4. The van der Waals surface area contributed by atoms with E-state index in [-0.39, 0.29) is 6.10 Å². The van der Waals surface area contributed by atoms with Crippen molar-refractivity contribution in [1.82, 2.24) is 5.32 Å². The molecule has 1 aromatic carbocycles. The number of aliphatic hydroxyl groups excluding tert-OH is 1. The average molecular weight is 273 g/mol. The van der Waals surface area contributed by atoms with Crippen LogP contribution in [0.1, 0.15) is 31.4 Å². The summed E-state index contributed by atoms with van der Waals surface area (Å²) >= 11 is 0. The van der Waals surface area contributed by atoms with Crippen LogP contribution >= 0.6 is 0 Å². The Morgan fingerprint density at radius 2 is 2.30 bits per heavy atom. The van der Waals surface area contributed by atoms with Crippen LogP contribution < -0.4 is 10.2 Å². The second kappa shape index (κ2) is 6.74. The molecule has 20 heavy (non-hydrogen) atoms. The fourth-order valence-corrected chi connectivity index (χ4v) is 2.60. The summed E-state index contributed by atoms with van der Waals surface area (Å²) < 4.78 is 0. The van der Waals surface area contributed by atoms with Gasteiger partial charge in [-0.05, 0) is 36.6 Å². The van der Waals surface area contributed by atoms with Gasteiger partial charge in [0, 0.05) is 19.6 Å². The summed E-state index contributed by atoms with van der Waals surface area (Å²) in [7, 11) is 0. The van der Waals surface area contributed by atoms with E-state index < -0.39 is 0 Å². The van der Waals surface area contributed by atoms with Gasteiger partial charge < -0.3 is 15.3 Å². The lowest BCUT2D eigenvalue weighted by Crippen LogP contribution is -2.43. The topological polar surface area (TPSA) is 59.3 Å². The van der Waals surface area contributed by atoms with Crippen LogP contribution in [0.2, 0.25) is 0 Å². The summed E-state index contributed by atoms with van der Waals surface area (Å²) in [6, 6.07) is 8.30. The molecule has 0 aliphatic carbocycles. The summed E-state index contributed by atoms with van der Waals surface area (Å²) in [5.74, 6) is 0.338. The van der Waals surface area contributed by atoms with Gasteiger partial charge >= 0.3 is 0 Å². The molecule has 2 unspecified atom stereocenters. The normalized spacial score (nSPS) is 22.6. The minimum Gasteiger partial charge on any atom is -0.391 e. The molecule has 1 heterocycles. The summed E-state index contributed by atoms with van der Waals surface area (Å²) in [6.07, 6.45) is 0.655. The van der Waals surface area contributed by atoms with Crippen molar-refractivity contribution < 1.29 is 5.11 Å². The van der Waals surface area contributed by atoms with Crippen molar-refractivity contribution in [3.63, 3.8) is 0 Å². The van der Waals surface area contributed by atoms with Gasteiger partial charge in [-0.15, -0.1) is 0 Å². The van der Waals surface area contributed by atoms with Crippen LogP contribution in [0.25, 0.3) is 0 Å². The maximum atomic E-state index is 10.0. The number of rotatable bonds is 4.